The Morgan fingerprint density at radius 3 is 2.16 bits per heavy atom. The van der Waals surface area contributed by atoms with Gasteiger partial charge in [-0.2, -0.15) is 0 Å². The van der Waals surface area contributed by atoms with E-state index >= 15 is 0 Å². The van der Waals surface area contributed by atoms with Crippen molar-refractivity contribution >= 4 is 29.4 Å². The highest BCUT2D eigenvalue weighted by Crippen LogP contribution is 2.39. The van der Waals surface area contributed by atoms with E-state index in [-0.39, 0.29) is 16.8 Å². The number of benzene rings is 2. The van der Waals surface area contributed by atoms with Crippen molar-refractivity contribution in [2.75, 3.05) is 14.2 Å². The minimum atomic E-state index is -0.646. The van der Waals surface area contributed by atoms with Crippen LogP contribution in [0.4, 0.5) is 5.69 Å². The van der Waals surface area contributed by atoms with Crippen LogP contribution in [0.25, 0.3) is 0 Å². The summed E-state index contributed by atoms with van der Waals surface area (Å²) in [6.45, 7) is 1.49. The van der Waals surface area contributed by atoms with Crippen LogP contribution >= 0.6 is 11.8 Å². The average Bonchev–Trinajstić information content (AvgIpc) is 2.60. The molecule has 0 aromatic heterocycles. The second kappa shape index (κ2) is 7.80. The Morgan fingerprint density at radius 2 is 1.56 bits per heavy atom. The first-order chi connectivity index (χ1) is 11.9. The molecule has 0 unspecified atom stereocenters. The third-order valence-electron chi connectivity index (χ3n) is 3.49. The van der Waals surface area contributed by atoms with Crippen molar-refractivity contribution in [3.63, 3.8) is 0 Å². The van der Waals surface area contributed by atoms with Crippen LogP contribution in [0.2, 0.25) is 0 Å². The van der Waals surface area contributed by atoms with Gasteiger partial charge in [-0.3, -0.25) is 10.1 Å². The van der Waals surface area contributed by atoms with Crippen molar-refractivity contribution in [3.8, 4) is 0 Å². The summed E-state index contributed by atoms with van der Waals surface area (Å²) in [6, 6.07) is 9.58. The molecule has 0 atom stereocenters. The van der Waals surface area contributed by atoms with Crippen LogP contribution in [-0.4, -0.2) is 31.1 Å². The highest BCUT2D eigenvalue weighted by Gasteiger charge is 2.25. The van der Waals surface area contributed by atoms with Crippen molar-refractivity contribution in [1.82, 2.24) is 0 Å². The van der Waals surface area contributed by atoms with Crippen LogP contribution in [0.1, 0.15) is 26.3 Å². The van der Waals surface area contributed by atoms with Crippen molar-refractivity contribution in [3.05, 3.63) is 63.2 Å². The van der Waals surface area contributed by atoms with Gasteiger partial charge in [0.1, 0.15) is 0 Å². The predicted molar refractivity (Wildman–Crippen MR) is 91.1 cm³/mol. The standard InChI is InChI=1S/C17H15NO6S/c1-10-11(16(19)23-2)8-9-14(15(10)18(21)22)25-13-7-5-4-6-12(13)17(20)24-3/h4-9H,1-3H3. The summed E-state index contributed by atoms with van der Waals surface area (Å²) in [5, 5.41) is 11.5. The highest BCUT2D eigenvalue weighted by molar-refractivity contribution is 7.99. The topological polar surface area (TPSA) is 95.7 Å². The third-order valence-corrected chi connectivity index (χ3v) is 4.62. The Balaban J connectivity index is 2.55. The van der Waals surface area contributed by atoms with E-state index in [1.807, 2.05) is 0 Å². The average molecular weight is 361 g/mol. The normalized spacial score (nSPS) is 10.2. The molecule has 130 valence electrons. The van der Waals surface area contributed by atoms with Gasteiger partial charge in [0.15, 0.2) is 0 Å². The van der Waals surface area contributed by atoms with E-state index in [4.69, 9.17) is 4.74 Å². The minimum absolute atomic E-state index is 0.125. The Kier molecular flexibility index (Phi) is 5.76. The van der Waals surface area contributed by atoms with Crippen LogP contribution in [0.3, 0.4) is 0 Å². The van der Waals surface area contributed by atoms with Crippen LogP contribution < -0.4 is 0 Å². The molecule has 0 saturated heterocycles. The number of nitro groups is 1. The number of carbonyl (C=O) groups is 2. The van der Waals surface area contributed by atoms with Gasteiger partial charge < -0.3 is 9.47 Å². The Morgan fingerprint density at radius 1 is 0.960 bits per heavy atom. The molecular weight excluding hydrogens is 346 g/mol. The first-order valence-corrected chi connectivity index (χ1v) is 7.93. The van der Waals surface area contributed by atoms with Crippen LogP contribution in [0.15, 0.2) is 46.2 Å². The van der Waals surface area contributed by atoms with E-state index in [0.717, 1.165) is 11.8 Å². The molecular formula is C17H15NO6S. The fourth-order valence-corrected chi connectivity index (χ4v) is 3.37. The molecule has 0 radical (unpaired) electrons. The summed E-state index contributed by atoms with van der Waals surface area (Å²) >= 11 is 1.06. The van der Waals surface area contributed by atoms with Gasteiger partial charge in [-0.05, 0) is 31.2 Å². The lowest BCUT2D eigenvalue weighted by Crippen LogP contribution is -2.07. The first kappa shape index (κ1) is 18.5. The lowest BCUT2D eigenvalue weighted by Gasteiger charge is -2.11. The first-order valence-electron chi connectivity index (χ1n) is 7.12. The SMILES string of the molecule is COC(=O)c1ccccc1Sc1ccc(C(=O)OC)c(C)c1[N+](=O)[O-]. The van der Waals surface area contributed by atoms with Gasteiger partial charge in [0.2, 0.25) is 0 Å². The number of nitrogens with zero attached hydrogens (tertiary/aromatic N) is 1. The molecule has 2 aromatic carbocycles. The predicted octanol–water partition coefficient (Wildman–Crippen LogP) is 3.63. The Hall–Kier alpha value is -2.87. The second-order valence-electron chi connectivity index (χ2n) is 4.92. The maximum atomic E-state index is 11.9. The third kappa shape index (κ3) is 3.80. The summed E-state index contributed by atoms with van der Waals surface area (Å²) in [4.78, 5) is 35.4. The van der Waals surface area contributed by atoms with Gasteiger partial charge in [-0.1, -0.05) is 23.9 Å². The number of methoxy groups -OCH3 is 2. The van der Waals surface area contributed by atoms with E-state index in [0.29, 0.717) is 15.4 Å². The number of hydrogen-bond acceptors (Lipinski definition) is 7. The molecule has 0 saturated carbocycles. The zero-order valence-corrected chi connectivity index (χ0v) is 14.6. The summed E-state index contributed by atoms with van der Waals surface area (Å²) in [5.74, 6) is -1.18. The van der Waals surface area contributed by atoms with Gasteiger partial charge in [-0.25, -0.2) is 9.59 Å². The number of esters is 2. The molecule has 7 nitrogen and oxygen atoms in total. The van der Waals surface area contributed by atoms with Gasteiger partial charge in [-0.15, -0.1) is 0 Å². The molecule has 0 heterocycles. The Bertz CT molecular complexity index is 849. The van der Waals surface area contributed by atoms with Gasteiger partial charge in [0, 0.05) is 10.5 Å². The fourth-order valence-electron chi connectivity index (χ4n) is 2.27. The zero-order valence-electron chi connectivity index (χ0n) is 13.8. The number of rotatable bonds is 5. The number of nitro benzene ring substituents is 1. The van der Waals surface area contributed by atoms with E-state index in [1.165, 1.54) is 33.3 Å². The maximum Gasteiger partial charge on any atom is 0.339 e. The molecule has 8 heteroatoms. The van der Waals surface area contributed by atoms with Crippen molar-refractivity contribution in [1.29, 1.82) is 0 Å². The molecule has 0 aliphatic rings. The molecule has 0 amide bonds. The summed E-state index contributed by atoms with van der Waals surface area (Å²) in [5.41, 5.74) is 0.434. The van der Waals surface area contributed by atoms with E-state index in [1.54, 1.807) is 24.3 Å². The minimum Gasteiger partial charge on any atom is -0.465 e. The van der Waals surface area contributed by atoms with Crippen molar-refractivity contribution in [2.45, 2.75) is 16.7 Å². The monoisotopic (exact) mass is 361 g/mol. The number of carbonyl (C=O) groups excluding carboxylic acids is 2. The molecule has 0 fully saturated rings. The number of ether oxygens (including phenoxy) is 2. The maximum absolute atomic E-state index is 11.9. The van der Waals surface area contributed by atoms with Crippen LogP contribution in [0, 0.1) is 17.0 Å². The summed E-state index contributed by atoms with van der Waals surface area (Å²) < 4.78 is 9.38. The zero-order chi connectivity index (χ0) is 18.6. The van der Waals surface area contributed by atoms with Crippen LogP contribution in [-0.2, 0) is 9.47 Å². The molecule has 2 rings (SSSR count). The highest BCUT2D eigenvalue weighted by atomic mass is 32.2. The number of hydrogen-bond donors (Lipinski definition) is 0. The summed E-state index contributed by atoms with van der Waals surface area (Å²) in [6.07, 6.45) is 0. The van der Waals surface area contributed by atoms with Crippen molar-refractivity contribution in [2.24, 2.45) is 0 Å². The quantitative estimate of drug-likeness (QED) is 0.456. The van der Waals surface area contributed by atoms with E-state index in [2.05, 4.69) is 4.74 Å². The Labute approximate surface area is 148 Å². The fraction of sp³-hybridized carbons (Fsp3) is 0.176. The molecule has 0 aliphatic heterocycles. The lowest BCUT2D eigenvalue weighted by molar-refractivity contribution is -0.388. The van der Waals surface area contributed by atoms with Gasteiger partial charge in [0.05, 0.1) is 35.2 Å². The van der Waals surface area contributed by atoms with Gasteiger partial charge in [0.25, 0.3) is 5.69 Å². The van der Waals surface area contributed by atoms with E-state index in [9.17, 15) is 19.7 Å². The molecule has 0 spiro atoms. The molecule has 0 N–H and O–H groups in total. The van der Waals surface area contributed by atoms with Gasteiger partial charge >= 0.3 is 11.9 Å². The molecule has 25 heavy (non-hydrogen) atoms. The smallest absolute Gasteiger partial charge is 0.339 e. The van der Waals surface area contributed by atoms with Crippen LogP contribution in [0.5, 0.6) is 0 Å². The molecule has 2 aromatic rings. The lowest BCUT2D eigenvalue weighted by atomic mass is 10.1. The second-order valence-corrected chi connectivity index (χ2v) is 6.01. The largest absolute Gasteiger partial charge is 0.465 e. The summed E-state index contributed by atoms with van der Waals surface area (Å²) in [7, 11) is 2.48. The van der Waals surface area contributed by atoms with Crippen molar-refractivity contribution < 1.29 is 24.0 Å². The van der Waals surface area contributed by atoms with E-state index < -0.39 is 16.9 Å². The molecule has 0 bridgehead atoms. The molecule has 0 aliphatic carbocycles.